The van der Waals surface area contributed by atoms with Gasteiger partial charge in [0, 0.05) is 5.56 Å². The molecule has 0 saturated heterocycles. The highest BCUT2D eigenvalue weighted by atomic mass is 19.1. The maximum absolute atomic E-state index is 14.0. The zero-order chi connectivity index (χ0) is 13.3. The van der Waals surface area contributed by atoms with Gasteiger partial charge in [-0.25, -0.2) is 4.39 Å². The van der Waals surface area contributed by atoms with Crippen LogP contribution in [0.25, 0.3) is 0 Å². The highest BCUT2D eigenvalue weighted by molar-refractivity contribution is 5.29. The van der Waals surface area contributed by atoms with Crippen LogP contribution in [0.5, 0.6) is 0 Å². The van der Waals surface area contributed by atoms with Crippen molar-refractivity contribution in [3.63, 3.8) is 0 Å². The van der Waals surface area contributed by atoms with E-state index in [1.807, 2.05) is 6.92 Å². The summed E-state index contributed by atoms with van der Waals surface area (Å²) in [7, 11) is 0. The van der Waals surface area contributed by atoms with Crippen LogP contribution in [-0.4, -0.2) is 5.11 Å². The lowest BCUT2D eigenvalue weighted by molar-refractivity contribution is -0.0322. The molecule has 2 rings (SSSR count). The minimum atomic E-state index is -0.969. The quantitative estimate of drug-likeness (QED) is 0.835. The van der Waals surface area contributed by atoms with Crippen LogP contribution < -0.4 is 0 Å². The van der Waals surface area contributed by atoms with Gasteiger partial charge in [0.1, 0.15) is 5.82 Å². The van der Waals surface area contributed by atoms with Crippen molar-refractivity contribution in [3.8, 4) is 0 Å². The Morgan fingerprint density at radius 1 is 1.39 bits per heavy atom. The van der Waals surface area contributed by atoms with E-state index >= 15 is 0 Å². The molecule has 2 heteroatoms. The Kier molecular flexibility index (Phi) is 3.76. The topological polar surface area (TPSA) is 20.2 Å². The van der Waals surface area contributed by atoms with Crippen molar-refractivity contribution in [1.29, 1.82) is 0 Å². The van der Waals surface area contributed by atoms with Gasteiger partial charge >= 0.3 is 0 Å². The molecule has 1 aromatic carbocycles. The molecule has 1 aromatic rings. The minimum absolute atomic E-state index is 0.271. The monoisotopic (exact) mass is 250 g/mol. The summed E-state index contributed by atoms with van der Waals surface area (Å²) in [5, 5.41) is 10.8. The highest BCUT2D eigenvalue weighted by Gasteiger charge is 2.38. The normalized spacial score (nSPS) is 28.7. The molecule has 0 heterocycles. The van der Waals surface area contributed by atoms with Crippen LogP contribution in [-0.2, 0) is 5.60 Å². The molecule has 18 heavy (non-hydrogen) atoms. The summed E-state index contributed by atoms with van der Waals surface area (Å²) < 4.78 is 14.0. The predicted molar refractivity (Wildman–Crippen MR) is 71.8 cm³/mol. The van der Waals surface area contributed by atoms with E-state index in [0.717, 1.165) is 18.4 Å². The molecule has 1 N–H and O–H groups in total. The molecule has 0 amide bonds. The lowest BCUT2D eigenvalue weighted by Gasteiger charge is -2.39. The molecule has 2 unspecified atom stereocenters. The van der Waals surface area contributed by atoms with E-state index in [4.69, 9.17) is 0 Å². The highest BCUT2D eigenvalue weighted by Crippen LogP contribution is 2.43. The molecule has 1 saturated carbocycles. The second-order valence-electron chi connectivity index (χ2n) is 6.12. The second kappa shape index (κ2) is 5.00. The lowest BCUT2D eigenvalue weighted by Crippen LogP contribution is -2.35. The molecule has 1 nitrogen and oxygen atoms in total. The van der Waals surface area contributed by atoms with Crippen molar-refractivity contribution in [1.82, 2.24) is 0 Å². The van der Waals surface area contributed by atoms with Gasteiger partial charge in [0.2, 0.25) is 0 Å². The van der Waals surface area contributed by atoms with E-state index in [1.54, 1.807) is 12.1 Å². The Hall–Kier alpha value is -0.890. The van der Waals surface area contributed by atoms with E-state index in [2.05, 4.69) is 13.8 Å². The molecule has 0 aliphatic heterocycles. The van der Waals surface area contributed by atoms with Crippen LogP contribution in [0.1, 0.15) is 50.7 Å². The van der Waals surface area contributed by atoms with E-state index < -0.39 is 5.60 Å². The number of aliphatic hydroxyl groups is 1. The van der Waals surface area contributed by atoms with Crippen LogP contribution >= 0.6 is 0 Å². The van der Waals surface area contributed by atoms with Gasteiger partial charge in [-0.2, -0.15) is 0 Å². The minimum Gasteiger partial charge on any atom is -0.385 e. The summed E-state index contributed by atoms with van der Waals surface area (Å²) >= 11 is 0. The molecule has 1 aliphatic carbocycles. The molecule has 0 radical (unpaired) electrons. The molecule has 1 aliphatic rings. The van der Waals surface area contributed by atoms with Crippen molar-refractivity contribution in [2.45, 2.75) is 52.1 Å². The smallest absolute Gasteiger partial charge is 0.129 e. The first-order chi connectivity index (χ1) is 8.42. The lowest BCUT2D eigenvalue weighted by atomic mass is 9.70. The zero-order valence-electron chi connectivity index (χ0n) is 11.5. The number of benzene rings is 1. The van der Waals surface area contributed by atoms with Crippen LogP contribution in [0.3, 0.4) is 0 Å². The summed E-state index contributed by atoms with van der Waals surface area (Å²) in [6.45, 7) is 6.31. The van der Waals surface area contributed by atoms with Gasteiger partial charge in [-0.15, -0.1) is 0 Å². The second-order valence-corrected chi connectivity index (χ2v) is 6.12. The van der Waals surface area contributed by atoms with Crippen LogP contribution in [0.2, 0.25) is 0 Å². The third-order valence-corrected chi connectivity index (χ3v) is 4.33. The molecule has 100 valence electrons. The number of hydrogen-bond acceptors (Lipinski definition) is 1. The van der Waals surface area contributed by atoms with Crippen LogP contribution in [0.4, 0.5) is 4.39 Å². The fourth-order valence-electron chi connectivity index (χ4n) is 3.10. The van der Waals surface area contributed by atoms with Crippen molar-refractivity contribution >= 4 is 0 Å². The number of aryl methyl sites for hydroxylation is 1. The molecular weight excluding hydrogens is 227 g/mol. The first-order valence-electron chi connectivity index (χ1n) is 6.91. The largest absolute Gasteiger partial charge is 0.385 e. The van der Waals surface area contributed by atoms with Gasteiger partial charge in [0.05, 0.1) is 5.60 Å². The molecule has 0 spiro atoms. The molecule has 0 bridgehead atoms. The Labute approximate surface area is 109 Å². The summed E-state index contributed by atoms with van der Waals surface area (Å²) in [5.41, 5.74) is 0.530. The fourth-order valence-corrected chi connectivity index (χ4v) is 3.10. The maximum atomic E-state index is 14.0. The van der Waals surface area contributed by atoms with Crippen molar-refractivity contribution in [3.05, 3.63) is 35.1 Å². The average molecular weight is 250 g/mol. The van der Waals surface area contributed by atoms with Gasteiger partial charge < -0.3 is 5.11 Å². The van der Waals surface area contributed by atoms with E-state index in [0.29, 0.717) is 30.2 Å². The first-order valence-corrected chi connectivity index (χ1v) is 6.91. The molecule has 1 fully saturated rings. The van der Waals surface area contributed by atoms with E-state index in [1.165, 1.54) is 6.07 Å². The Bertz CT molecular complexity index is 427. The SMILES string of the molecule is Cc1ccc(F)c(C2(O)CCCC(C(C)C)C2)c1. The fraction of sp³-hybridized carbons (Fsp3) is 0.625. The standard InChI is InChI=1S/C16H23FO/c1-11(2)13-5-4-8-16(18,10-13)14-9-12(3)6-7-15(14)17/h6-7,9,11,13,18H,4-5,8,10H2,1-3H3. The Morgan fingerprint density at radius 2 is 2.11 bits per heavy atom. The van der Waals surface area contributed by atoms with E-state index in [9.17, 15) is 9.50 Å². The number of rotatable bonds is 2. The maximum Gasteiger partial charge on any atom is 0.129 e. The van der Waals surface area contributed by atoms with Gasteiger partial charge in [0.15, 0.2) is 0 Å². The third-order valence-electron chi connectivity index (χ3n) is 4.33. The molecule has 2 atom stereocenters. The van der Waals surface area contributed by atoms with E-state index in [-0.39, 0.29) is 5.82 Å². The van der Waals surface area contributed by atoms with Gasteiger partial charge in [-0.3, -0.25) is 0 Å². The molecular formula is C16H23FO. The van der Waals surface area contributed by atoms with Gasteiger partial charge in [-0.1, -0.05) is 31.5 Å². The van der Waals surface area contributed by atoms with Gasteiger partial charge in [-0.05, 0) is 50.5 Å². The average Bonchev–Trinajstić information content (AvgIpc) is 2.32. The third kappa shape index (κ3) is 2.59. The first kappa shape index (κ1) is 13.5. The number of halogens is 1. The Morgan fingerprint density at radius 3 is 2.78 bits per heavy atom. The summed E-state index contributed by atoms with van der Waals surface area (Å²) in [4.78, 5) is 0. The van der Waals surface area contributed by atoms with Crippen LogP contribution in [0.15, 0.2) is 18.2 Å². The Balaban J connectivity index is 2.32. The zero-order valence-corrected chi connectivity index (χ0v) is 11.5. The number of hydrogen-bond donors (Lipinski definition) is 1. The molecule has 0 aromatic heterocycles. The summed E-state index contributed by atoms with van der Waals surface area (Å²) in [5.74, 6) is 0.765. The summed E-state index contributed by atoms with van der Waals surface area (Å²) in [6, 6.07) is 5.03. The van der Waals surface area contributed by atoms with Crippen molar-refractivity contribution < 1.29 is 9.50 Å². The summed E-state index contributed by atoms with van der Waals surface area (Å²) in [6.07, 6.45) is 3.49. The van der Waals surface area contributed by atoms with Gasteiger partial charge in [0.25, 0.3) is 0 Å². The predicted octanol–water partition coefficient (Wildman–Crippen LogP) is 4.17. The van der Waals surface area contributed by atoms with Crippen molar-refractivity contribution in [2.75, 3.05) is 0 Å². The van der Waals surface area contributed by atoms with Crippen LogP contribution in [0, 0.1) is 24.6 Å². The van der Waals surface area contributed by atoms with Crippen molar-refractivity contribution in [2.24, 2.45) is 11.8 Å².